The third-order valence-corrected chi connectivity index (χ3v) is 2.47. The highest BCUT2D eigenvalue weighted by molar-refractivity contribution is 5.23. The van der Waals surface area contributed by atoms with Crippen LogP contribution in [0.3, 0.4) is 0 Å². The summed E-state index contributed by atoms with van der Waals surface area (Å²) in [6, 6.07) is 2.07. The van der Waals surface area contributed by atoms with Crippen molar-refractivity contribution in [2.24, 2.45) is 0 Å². The van der Waals surface area contributed by atoms with Crippen molar-refractivity contribution in [3.05, 3.63) is 35.1 Å². The standard InChI is InChI=1S/C10H10F3N/c11-7-4-6(5-8(12)10(7)13)9-2-1-3-14-9/h4-5,9,14H,1-3H2/t9-/m0/s1. The fourth-order valence-electron chi connectivity index (χ4n) is 1.75. The minimum atomic E-state index is -1.40. The van der Waals surface area contributed by atoms with E-state index in [0.717, 1.165) is 31.5 Å². The Balaban J connectivity index is 2.34. The van der Waals surface area contributed by atoms with Crippen molar-refractivity contribution in [2.75, 3.05) is 6.54 Å². The van der Waals surface area contributed by atoms with Gasteiger partial charge in [-0.05, 0) is 37.1 Å². The first-order chi connectivity index (χ1) is 6.68. The van der Waals surface area contributed by atoms with E-state index in [9.17, 15) is 13.2 Å². The summed E-state index contributed by atoms with van der Waals surface area (Å²) in [6.07, 6.45) is 1.82. The minimum Gasteiger partial charge on any atom is -0.310 e. The Bertz CT molecular complexity index is 322. The molecule has 0 radical (unpaired) electrons. The summed E-state index contributed by atoms with van der Waals surface area (Å²) >= 11 is 0. The molecule has 0 aromatic heterocycles. The van der Waals surface area contributed by atoms with E-state index in [0.29, 0.717) is 5.56 Å². The van der Waals surface area contributed by atoms with Gasteiger partial charge in [0.15, 0.2) is 17.5 Å². The molecule has 0 bridgehead atoms. The summed E-state index contributed by atoms with van der Waals surface area (Å²) in [5.74, 6) is -3.63. The molecule has 76 valence electrons. The van der Waals surface area contributed by atoms with Crippen LogP contribution in [0.15, 0.2) is 12.1 Å². The molecule has 1 fully saturated rings. The fourth-order valence-corrected chi connectivity index (χ4v) is 1.75. The van der Waals surface area contributed by atoms with Crippen LogP contribution in [-0.4, -0.2) is 6.54 Å². The largest absolute Gasteiger partial charge is 0.310 e. The average Bonchev–Trinajstić information content (AvgIpc) is 2.66. The normalized spacial score (nSPS) is 21.5. The molecule has 1 aliphatic rings. The first kappa shape index (κ1) is 9.52. The van der Waals surface area contributed by atoms with E-state index < -0.39 is 17.5 Å². The second-order valence-corrected chi connectivity index (χ2v) is 3.45. The van der Waals surface area contributed by atoms with Gasteiger partial charge in [-0.1, -0.05) is 0 Å². The van der Waals surface area contributed by atoms with E-state index in [4.69, 9.17) is 0 Å². The van der Waals surface area contributed by atoms with E-state index in [-0.39, 0.29) is 6.04 Å². The number of benzene rings is 1. The van der Waals surface area contributed by atoms with E-state index >= 15 is 0 Å². The molecule has 1 saturated heterocycles. The fraction of sp³-hybridized carbons (Fsp3) is 0.400. The zero-order valence-electron chi connectivity index (χ0n) is 7.49. The van der Waals surface area contributed by atoms with Crippen LogP contribution in [0.2, 0.25) is 0 Å². The molecule has 1 nitrogen and oxygen atoms in total. The van der Waals surface area contributed by atoms with Crippen LogP contribution in [0.25, 0.3) is 0 Å². The molecule has 1 N–H and O–H groups in total. The van der Waals surface area contributed by atoms with Gasteiger partial charge in [0, 0.05) is 6.04 Å². The second kappa shape index (κ2) is 3.61. The third kappa shape index (κ3) is 1.62. The van der Waals surface area contributed by atoms with E-state index in [1.807, 2.05) is 0 Å². The van der Waals surface area contributed by atoms with Gasteiger partial charge in [-0.3, -0.25) is 0 Å². The minimum absolute atomic E-state index is 0.0420. The molecular formula is C10H10F3N. The van der Waals surface area contributed by atoms with E-state index in [1.54, 1.807) is 0 Å². The Labute approximate surface area is 79.9 Å². The van der Waals surface area contributed by atoms with Gasteiger partial charge in [0.25, 0.3) is 0 Å². The molecule has 4 heteroatoms. The highest BCUT2D eigenvalue weighted by Gasteiger charge is 2.19. The summed E-state index contributed by atoms with van der Waals surface area (Å²) in [5, 5.41) is 3.09. The lowest BCUT2D eigenvalue weighted by atomic mass is 10.1. The second-order valence-electron chi connectivity index (χ2n) is 3.45. The van der Waals surface area contributed by atoms with Crippen LogP contribution in [0.1, 0.15) is 24.4 Å². The molecule has 1 aliphatic heterocycles. The van der Waals surface area contributed by atoms with Crippen molar-refractivity contribution in [2.45, 2.75) is 18.9 Å². The van der Waals surface area contributed by atoms with Crippen LogP contribution in [0.4, 0.5) is 13.2 Å². The number of rotatable bonds is 1. The van der Waals surface area contributed by atoms with Crippen molar-refractivity contribution in [3.63, 3.8) is 0 Å². The zero-order chi connectivity index (χ0) is 10.1. The van der Waals surface area contributed by atoms with Gasteiger partial charge in [0.1, 0.15) is 0 Å². The first-order valence-corrected chi connectivity index (χ1v) is 4.56. The Morgan fingerprint density at radius 3 is 2.29 bits per heavy atom. The summed E-state index contributed by atoms with van der Waals surface area (Å²) in [7, 11) is 0. The van der Waals surface area contributed by atoms with Gasteiger partial charge >= 0.3 is 0 Å². The maximum absolute atomic E-state index is 12.9. The Morgan fingerprint density at radius 1 is 1.14 bits per heavy atom. The lowest BCUT2D eigenvalue weighted by Crippen LogP contribution is -2.13. The summed E-state index contributed by atoms with van der Waals surface area (Å²) in [5.41, 5.74) is 0.485. The quantitative estimate of drug-likeness (QED) is 0.688. The lowest BCUT2D eigenvalue weighted by molar-refractivity contribution is 0.442. The highest BCUT2D eigenvalue weighted by Crippen LogP contribution is 2.25. The van der Waals surface area contributed by atoms with E-state index in [1.165, 1.54) is 0 Å². The van der Waals surface area contributed by atoms with Gasteiger partial charge in [-0.15, -0.1) is 0 Å². The maximum atomic E-state index is 12.9. The van der Waals surface area contributed by atoms with Crippen LogP contribution >= 0.6 is 0 Å². The molecule has 1 aromatic rings. The molecule has 14 heavy (non-hydrogen) atoms. The average molecular weight is 201 g/mol. The van der Waals surface area contributed by atoms with Gasteiger partial charge in [0.2, 0.25) is 0 Å². The number of halogens is 3. The van der Waals surface area contributed by atoms with Crippen LogP contribution < -0.4 is 5.32 Å². The van der Waals surface area contributed by atoms with Gasteiger partial charge in [0.05, 0.1) is 0 Å². The number of hydrogen-bond donors (Lipinski definition) is 1. The van der Waals surface area contributed by atoms with Crippen molar-refractivity contribution < 1.29 is 13.2 Å². The molecule has 0 unspecified atom stereocenters. The molecule has 1 atom stereocenters. The van der Waals surface area contributed by atoms with Crippen LogP contribution in [0, 0.1) is 17.5 Å². The zero-order valence-corrected chi connectivity index (χ0v) is 7.49. The Kier molecular flexibility index (Phi) is 2.46. The molecule has 0 spiro atoms. The monoisotopic (exact) mass is 201 g/mol. The van der Waals surface area contributed by atoms with E-state index in [2.05, 4.69) is 5.32 Å². The lowest BCUT2D eigenvalue weighted by Gasteiger charge is -2.10. The number of nitrogens with one attached hydrogen (secondary N) is 1. The predicted molar refractivity (Wildman–Crippen MR) is 46.3 cm³/mol. The Morgan fingerprint density at radius 2 is 1.79 bits per heavy atom. The first-order valence-electron chi connectivity index (χ1n) is 4.56. The molecule has 2 rings (SSSR count). The van der Waals surface area contributed by atoms with Crippen LogP contribution in [0.5, 0.6) is 0 Å². The maximum Gasteiger partial charge on any atom is 0.194 e. The molecule has 0 saturated carbocycles. The molecule has 1 heterocycles. The highest BCUT2D eigenvalue weighted by atomic mass is 19.2. The summed E-state index contributed by atoms with van der Waals surface area (Å²) in [4.78, 5) is 0. The molecular weight excluding hydrogens is 191 g/mol. The smallest absolute Gasteiger partial charge is 0.194 e. The predicted octanol–water partition coefficient (Wildman–Crippen LogP) is 2.53. The summed E-state index contributed by atoms with van der Waals surface area (Å²) in [6.45, 7) is 0.839. The van der Waals surface area contributed by atoms with Crippen molar-refractivity contribution in [1.82, 2.24) is 5.32 Å². The Hall–Kier alpha value is -1.03. The van der Waals surface area contributed by atoms with Gasteiger partial charge in [-0.25, -0.2) is 13.2 Å². The number of hydrogen-bond acceptors (Lipinski definition) is 1. The van der Waals surface area contributed by atoms with Gasteiger partial charge < -0.3 is 5.32 Å². The molecule has 0 amide bonds. The van der Waals surface area contributed by atoms with Crippen molar-refractivity contribution in [1.29, 1.82) is 0 Å². The summed E-state index contributed by atoms with van der Waals surface area (Å²) < 4.78 is 38.3. The SMILES string of the molecule is Fc1cc([C@@H]2CCCN2)cc(F)c1F. The van der Waals surface area contributed by atoms with Crippen molar-refractivity contribution in [3.8, 4) is 0 Å². The third-order valence-electron chi connectivity index (χ3n) is 2.47. The molecule has 0 aliphatic carbocycles. The topological polar surface area (TPSA) is 12.0 Å². The van der Waals surface area contributed by atoms with Crippen LogP contribution in [-0.2, 0) is 0 Å². The molecule has 1 aromatic carbocycles. The van der Waals surface area contributed by atoms with Crippen molar-refractivity contribution >= 4 is 0 Å². The van der Waals surface area contributed by atoms with Gasteiger partial charge in [-0.2, -0.15) is 0 Å².